The summed E-state index contributed by atoms with van der Waals surface area (Å²) in [6.07, 6.45) is 1.30. The molecule has 1 amide bonds. The van der Waals surface area contributed by atoms with Crippen LogP contribution in [0.2, 0.25) is 0 Å². The van der Waals surface area contributed by atoms with Gasteiger partial charge in [-0.1, -0.05) is 30.3 Å². The number of hydrogen-bond donors (Lipinski definition) is 2. The molecule has 0 spiro atoms. The van der Waals surface area contributed by atoms with Gasteiger partial charge >= 0.3 is 19.7 Å². The van der Waals surface area contributed by atoms with Crippen LogP contribution in [0.5, 0.6) is 23.1 Å². The minimum absolute atomic E-state index is 0.0149. The maximum atomic E-state index is 13.9. The molecule has 268 valence electrons. The van der Waals surface area contributed by atoms with Gasteiger partial charge in [-0.05, 0) is 55.8 Å². The molecule has 13 nitrogen and oxygen atoms in total. The van der Waals surface area contributed by atoms with Crippen molar-refractivity contribution in [2.24, 2.45) is 0 Å². The summed E-state index contributed by atoms with van der Waals surface area (Å²) in [6, 6.07) is 17.7. The number of ether oxygens (including phenoxy) is 2. The summed E-state index contributed by atoms with van der Waals surface area (Å²) in [7, 11) is -3.81. The van der Waals surface area contributed by atoms with Crippen LogP contribution in [0.4, 0.5) is 9.18 Å². The number of rotatable bonds is 12. The molecule has 6 rings (SSSR count). The van der Waals surface area contributed by atoms with E-state index in [1.807, 2.05) is 4.90 Å². The molecule has 2 N–H and O–H groups in total. The maximum absolute atomic E-state index is 13.9. The van der Waals surface area contributed by atoms with Crippen LogP contribution in [0.25, 0.3) is 21.7 Å². The smallest absolute Gasteiger partial charge is 0.415 e. The molecule has 2 atom stereocenters. The number of pyridine rings is 1. The second-order valence-corrected chi connectivity index (χ2v) is 14.1. The Morgan fingerprint density at radius 2 is 1.71 bits per heavy atom. The number of carbonyl (C=O) groups excluding carboxylic acids is 2. The number of phenolic OH excluding ortho intramolecular Hbond substituents is 1. The number of piperazine rings is 1. The lowest BCUT2D eigenvalue weighted by Crippen LogP contribution is -2.50. The second kappa shape index (κ2) is 15.4. The van der Waals surface area contributed by atoms with Crippen molar-refractivity contribution in [3.63, 3.8) is 0 Å². The van der Waals surface area contributed by atoms with Gasteiger partial charge in [0.1, 0.15) is 17.1 Å². The summed E-state index contributed by atoms with van der Waals surface area (Å²) in [5, 5.41) is 23.0. The van der Waals surface area contributed by atoms with Crippen LogP contribution in [0.1, 0.15) is 19.4 Å². The van der Waals surface area contributed by atoms with Crippen LogP contribution in [0.15, 0.2) is 79.1 Å². The standard InChI is InChI=1S/C36H38FN4O9P/c1-3-47-35(44)24(2)49-51(46,50-27-8-5-4-6-9-27)21-20-39-16-18-40(19-17-39)36(45)48-33-28-10-7-15-38-31(28)32(42)30-29(33)23-41(34(30)43)22-25-11-13-26(37)14-12-25/h4-15,23-24,42-43H,3,16-22H2,1-2H3/t24-,51?/m0/s1. The molecule has 1 aliphatic rings. The van der Waals surface area contributed by atoms with Gasteiger partial charge in [-0.3, -0.25) is 14.4 Å². The summed E-state index contributed by atoms with van der Waals surface area (Å²) in [6.45, 7) is 5.19. The van der Waals surface area contributed by atoms with Crippen LogP contribution in [0.3, 0.4) is 0 Å². The molecule has 0 saturated carbocycles. The van der Waals surface area contributed by atoms with Gasteiger partial charge in [0.05, 0.1) is 30.1 Å². The molecule has 1 unspecified atom stereocenters. The van der Waals surface area contributed by atoms with Crippen LogP contribution < -0.4 is 9.26 Å². The number of halogens is 1. The summed E-state index contributed by atoms with van der Waals surface area (Å²) < 4.78 is 51.3. The Labute approximate surface area is 293 Å². The predicted octanol–water partition coefficient (Wildman–Crippen LogP) is 6.14. The number of aromatic hydroxyl groups is 2. The maximum Gasteiger partial charge on any atom is 0.415 e. The molecule has 51 heavy (non-hydrogen) atoms. The molecule has 3 aromatic carbocycles. The van der Waals surface area contributed by atoms with Crippen LogP contribution in [-0.4, -0.2) is 93.2 Å². The van der Waals surface area contributed by atoms with E-state index >= 15 is 0 Å². The van der Waals surface area contributed by atoms with Crippen molar-refractivity contribution in [3.8, 4) is 23.1 Å². The minimum Gasteiger partial charge on any atom is -0.505 e. The zero-order valence-corrected chi connectivity index (χ0v) is 29.0. The fourth-order valence-corrected chi connectivity index (χ4v) is 7.66. The van der Waals surface area contributed by atoms with Gasteiger partial charge in [0.25, 0.3) is 0 Å². The van der Waals surface area contributed by atoms with Crippen molar-refractivity contribution in [2.75, 3.05) is 45.5 Å². The van der Waals surface area contributed by atoms with E-state index in [0.29, 0.717) is 41.7 Å². The molecule has 0 bridgehead atoms. The first-order valence-electron chi connectivity index (χ1n) is 16.5. The SMILES string of the molecule is CCOC(=O)[C@H](C)OP(=O)(CCN1CCN(C(=O)Oc2c3cccnc3c(O)c3c(O)n(Cc4ccc(F)cc4)cc23)CC1)Oc1ccccc1. The second-order valence-electron chi connectivity index (χ2n) is 12.0. The van der Waals surface area contributed by atoms with Gasteiger partial charge in [0.15, 0.2) is 17.6 Å². The van der Waals surface area contributed by atoms with E-state index < -0.39 is 31.6 Å². The highest BCUT2D eigenvalue weighted by Gasteiger charge is 2.34. The van der Waals surface area contributed by atoms with Gasteiger partial charge in [-0.15, -0.1) is 0 Å². The Morgan fingerprint density at radius 3 is 2.41 bits per heavy atom. The fourth-order valence-electron chi connectivity index (χ4n) is 5.88. The minimum atomic E-state index is -3.81. The Bertz CT molecular complexity index is 2070. The van der Waals surface area contributed by atoms with E-state index in [1.165, 1.54) is 34.7 Å². The molecule has 0 radical (unpaired) electrons. The number of phenols is 1. The molecule has 2 aromatic heterocycles. The number of para-hydroxylation sites is 1. The van der Waals surface area contributed by atoms with Gasteiger partial charge in [-0.25, -0.2) is 18.5 Å². The highest BCUT2D eigenvalue weighted by Crippen LogP contribution is 2.50. The highest BCUT2D eigenvalue weighted by molar-refractivity contribution is 7.54. The van der Waals surface area contributed by atoms with E-state index in [9.17, 15) is 28.8 Å². The number of amides is 1. The highest BCUT2D eigenvalue weighted by atomic mass is 31.2. The molecule has 1 saturated heterocycles. The number of aromatic nitrogens is 2. The molecule has 1 aliphatic heterocycles. The first kappa shape index (κ1) is 35.6. The lowest BCUT2D eigenvalue weighted by atomic mass is 10.1. The zero-order valence-electron chi connectivity index (χ0n) is 28.1. The summed E-state index contributed by atoms with van der Waals surface area (Å²) >= 11 is 0. The Morgan fingerprint density at radius 1 is 0.980 bits per heavy atom. The summed E-state index contributed by atoms with van der Waals surface area (Å²) in [4.78, 5) is 33.7. The van der Waals surface area contributed by atoms with Gasteiger partial charge in [-0.2, -0.15) is 0 Å². The Balaban J connectivity index is 1.15. The number of esters is 1. The lowest BCUT2D eigenvalue weighted by Gasteiger charge is -2.34. The predicted molar refractivity (Wildman–Crippen MR) is 187 cm³/mol. The first-order valence-corrected chi connectivity index (χ1v) is 18.2. The Hall–Kier alpha value is -5.17. The third-order valence-corrected chi connectivity index (χ3v) is 10.4. The third-order valence-electron chi connectivity index (χ3n) is 8.51. The molecule has 0 aliphatic carbocycles. The molecule has 5 aromatic rings. The van der Waals surface area contributed by atoms with Crippen molar-refractivity contribution >= 4 is 41.3 Å². The average molecular weight is 721 g/mol. The molecular weight excluding hydrogens is 682 g/mol. The normalized spacial score (nSPS) is 15.4. The van der Waals surface area contributed by atoms with E-state index in [2.05, 4.69) is 4.98 Å². The molecule has 15 heteroatoms. The van der Waals surface area contributed by atoms with E-state index in [-0.39, 0.29) is 60.7 Å². The van der Waals surface area contributed by atoms with Crippen molar-refractivity contribution in [1.29, 1.82) is 0 Å². The molecular formula is C36H38FN4O9P. The van der Waals surface area contributed by atoms with Crippen LogP contribution in [0, 0.1) is 5.82 Å². The Kier molecular flexibility index (Phi) is 10.8. The molecule has 1 fully saturated rings. The topological polar surface area (TPSA) is 153 Å². The number of benzene rings is 3. The number of nitrogens with zero attached hydrogens (tertiary/aromatic N) is 4. The van der Waals surface area contributed by atoms with E-state index in [1.54, 1.807) is 67.7 Å². The van der Waals surface area contributed by atoms with Crippen molar-refractivity contribution < 1.29 is 47.3 Å². The third kappa shape index (κ3) is 8.09. The fraction of sp³-hybridized carbons (Fsp3) is 0.306. The number of fused-ring (bicyclic) bond motifs is 2. The van der Waals surface area contributed by atoms with E-state index in [0.717, 1.165) is 0 Å². The largest absolute Gasteiger partial charge is 0.505 e. The van der Waals surface area contributed by atoms with E-state index in [4.69, 9.17) is 18.5 Å². The monoisotopic (exact) mass is 720 g/mol. The number of hydrogen-bond acceptors (Lipinski definition) is 11. The summed E-state index contributed by atoms with van der Waals surface area (Å²) in [5.41, 5.74) is 0.850. The zero-order chi connectivity index (χ0) is 36.1. The van der Waals surface area contributed by atoms with Crippen molar-refractivity contribution in [1.82, 2.24) is 19.4 Å². The van der Waals surface area contributed by atoms with Gasteiger partial charge < -0.3 is 33.7 Å². The van der Waals surface area contributed by atoms with Crippen LogP contribution in [-0.2, 0) is 25.2 Å². The number of carbonyl (C=O) groups is 2. The van der Waals surface area contributed by atoms with Gasteiger partial charge in [0.2, 0.25) is 5.88 Å². The van der Waals surface area contributed by atoms with Gasteiger partial charge in [0, 0.05) is 50.5 Å². The van der Waals surface area contributed by atoms with Crippen LogP contribution >= 0.6 is 7.60 Å². The lowest BCUT2D eigenvalue weighted by molar-refractivity contribution is -0.150. The van der Waals surface area contributed by atoms with Crippen molar-refractivity contribution in [2.45, 2.75) is 26.5 Å². The quantitative estimate of drug-likeness (QED) is 0.113. The molecule has 3 heterocycles. The first-order chi connectivity index (χ1) is 24.5. The average Bonchev–Trinajstić information content (AvgIpc) is 3.46. The summed E-state index contributed by atoms with van der Waals surface area (Å²) in [5.74, 6) is -1.10. The van der Waals surface area contributed by atoms with Crippen molar-refractivity contribution in [3.05, 3.63) is 90.5 Å².